The van der Waals surface area contributed by atoms with E-state index in [-0.39, 0.29) is 17.2 Å². The predicted molar refractivity (Wildman–Crippen MR) is 66.4 cm³/mol. The minimum atomic E-state index is -1.13. The fourth-order valence-corrected chi connectivity index (χ4v) is 1.70. The lowest BCUT2D eigenvalue weighted by Gasteiger charge is -2.11. The fourth-order valence-electron chi connectivity index (χ4n) is 1.70. The molecule has 7 nitrogen and oxygen atoms in total. The standard InChI is InChI=1S/C12H12N2O5/c1-17-9-4-6(8-5-10(13)19-14-8)3-7(12(15)16)11(9)18-2/h3-5H,13H2,1-2H3,(H,15,16). The molecule has 19 heavy (non-hydrogen) atoms. The van der Waals surface area contributed by atoms with E-state index < -0.39 is 5.97 Å². The molecule has 0 bridgehead atoms. The minimum absolute atomic E-state index is 0.0292. The molecular formula is C12H12N2O5. The van der Waals surface area contributed by atoms with Crippen LogP contribution in [0.1, 0.15) is 10.4 Å². The van der Waals surface area contributed by atoms with E-state index in [1.54, 1.807) is 6.07 Å². The van der Waals surface area contributed by atoms with Crippen molar-refractivity contribution in [2.45, 2.75) is 0 Å². The summed E-state index contributed by atoms with van der Waals surface area (Å²) in [5, 5.41) is 12.9. The number of carboxylic acids is 1. The summed E-state index contributed by atoms with van der Waals surface area (Å²) in [6.07, 6.45) is 0. The van der Waals surface area contributed by atoms with Crippen molar-refractivity contribution in [3.8, 4) is 22.8 Å². The Bertz CT molecular complexity index is 621. The van der Waals surface area contributed by atoms with Crippen molar-refractivity contribution in [3.05, 3.63) is 23.8 Å². The van der Waals surface area contributed by atoms with Gasteiger partial charge in [0, 0.05) is 11.6 Å². The molecule has 0 aliphatic carbocycles. The van der Waals surface area contributed by atoms with Crippen molar-refractivity contribution in [3.63, 3.8) is 0 Å². The van der Waals surface area contributed by atoms with Crippen LogP contribution in [0.4, 0.5) is 5.88 Å². The van der Waals surface area contributed by atoms with E-state index in [1.807, 2.05) is 0 Å². The molecule has 1 aromatic heterocycles. The predicted octanol–water partition coefficient (Wildman–Crippen LogP) is 1.64. The summed E-state index contributed by atoms with van der Waals surface area (Å²) in [6.45, 7) is 0. The van der Waals surface area contributed by atoms with Gasteiger partial charge in [0.05, 0.1) is 14.2 Å². The van der Waals surface area contributed by atoms with Gasteiger partial charge in [-0.3, -0.25) is 0 Å². The molecule has 0 radical (unpaired) electrons. The highest BCUT2D eigenvalue weighted by atomic mass is 16.5. The van der Waals surface area contributed by atoms with Crippen LogP contribution in [0, 0.1) is 0 Å². The Morgan fingerprint density at radius 2 is 2.05 bits per heavy atom. The van der Waals surface area contributed by atoms with E-state index in [9.17, 15) is 9.90 Å². The molecule has 2 aromatic rings. The molecule has 0 fully saturated rings. The smallest absolute Gasteiger partial charge is 0.339 e. The van der Waals surface area contributed by atoms with E-state index in [2.05, 4.69) is 5.16 Å². The maximum absolute atomic E-state index is 11.2. The first-order valence-electron chi connectivity index (χ1n) is 5.28. The number of rotatable bonds is 4. The van der Waals surface area contributed by atoms with Crippen LogP contribution in [0.5, 0.6) is 11.5 Å². The molecule has 0 atom stereocenters. The van der Waals surface area contributed by atoms with Crippen molar-refractivity contribution in [2.24, 2.45) is 0 Å². The SMILES string of the molecule is COc1cc(-c2cc(N)on2)cc(C(=O)O)c1OC. The van der Waals surface area contributed by atoms with Gasteiger partial charge in [-0.05, 0) is 12.1 Å². The zero-order valence-corrected chi connectivity index (χ0v) is 10.3. The van der Waals surface area contributed by atoms with Gasteiger partial charge in [0.1, 0.15) is 11.3 Å². The van der Waals surface area contributed by atoms with E-state index in [0.29, 0.717) is 17.0 Å². The summed E-state index contributed by atoms with van der Waals surface area (Å²) in [5.41, 5.74) is 6.34. The van der Waals surface area contributed by atoms with Gasteiger partial charge in [0.2, 0.25) is 5.88 Å². The number of aromatic nitrogens is 1. The summed E-state index contributed by atoms with van der Waals surface area (Å²) in [5.74, 6) is -0.552. The maximum Gasteiger partial charge on any atom is 0.339 e. The average Bonchev–Trinajstić information content (AvgIpc) is 2.83. The number of nitrogens with zero attached hydrogens (tertiary/aromatic N) is 1. The second-order valence-corrected chi connectivity index (χ2v) is 3.68. The minimum Gasteiger partial charge on any atom is -0.493 e. The van der Waals surface area contributed by atoms with Crippen molar-refractivity contribution in [2.75, 3.05) is 20.0 Å². The summed E-state index contributed by atoms with van der Waals surface area (Å²) in [7, 11) is 2.79. The number of hydrogen-bond acceptors (Lipinski definition) is 6. The number of aromatic carboxylic acids is 1. The Morgan fingerprint density at radius 1 is 1.32 bits per heavy atom. The van der Waals surface area contributed by atoms with Crippen LogP contribution in [-0.2, 0) is 0 Å². The molecule has 0 saturated heterocycles. The quantitative estimate of drug-likeness (QED) is 0.864. The molecular weight excluding hydrogens is 252 g/mol. The Balaban J connectivity index is 2.64. The van der Waals surface area contributed by atoms with E-state index >= 15 is 0 Å². The second kappa shape index (κ2) is 4.89. The van der Waals surface area contributed by atoms with Crippen molar-refractivity contribution in [1.29, 1.82) is 0 Å². The second-order valence-electron chi connectivity index (χ2n) is 3.68. The zero-order chi connectivity index (χ0) is 14.0. The van der Waals surface area contributed by atoms with Gasteiger partial charge in [0.15, 0.2) is 11.5 Å². The van der Waals surface area contributed by atoms with Crippen LogP contribution in [-0.4, -0.2) is 30.5 Å². The third kappa shape index (κ3) is 2.30. The van der Waals surface area contributed by atoms with E-state index in [4.69, 9.17) is 19.7 Å². The van der Waals surface area contributed by atoms with Gasteiger partial charge in [-0.2, -0.15) is 0 Å². The van der Waals surface area contributed by atoms with E-state index in [0.717, 1.165) is 0 Å². The number of hydrogen-bond donors (Lipinski definition) is 2. The molecule has 0 saturated carbocycles. The number of anilines is 1. The van der Waals surface area contributed by atoms with Crippen molar-refractivity contribution >= 4 is 11.9 Å². The number of carboxylic acid groups (broad SMARTS) is 1. The number of ether oxygens (including phenoxy) is 2. The zero-order valence-electron chi connectivity index (χ0n) is 10.3. The third-order valence-electron chi connectivity index (χ3n) is 2.53. The van der Waals surface area contributed by atoms with Gasteiger partial charge in [-0.25, -0.2) is 4.79 Å². The normalized spacial score (nSPS) is 10.2. The molecule has 0 spiro atoms. The number of nitrogens with two attached hydrogens (primary N) is 1. The van der Waals surface area contributed by atoms with Gasteiger partial charge in [0.25, 0.3) is 0 Å². The maximum atomic E-state index is 11.2. The molecule has 1 heterocycles. The van der Waals surface area contributed by atoms with E-state index in [1.165, 1.54) is 26.4 Å². The monoisotopic (exact) mass is 264 g/mol. The molecule has 0 aliphatic heterocycles. The lowest BCUT2D eigenvalue weighted by Crippen LogP contribution is -2.03. The molecule has 0 unspecified atom stereocenters. The topological polar surface area (TPSA) is 108 Å². The van der Waals surface area contributed by atoms with Crippen LogP contribution >= 0.6 is 0 Å². The third-order valence-corrected chi connectivity index (χ3v) is 2.53. The van der Waals surface area contributed by atoms with Crippen LogP contribution in [0.3, 0.4) is 0 Å². The van der Waals surface area contributed by atoms with Crippen LogP contribution in [0.15, 0.2) is 22.7 Å². The van der Waals surface area contributed by atoms with Crippen molar-refractivity contribution in [1.82, 2.24) is 5.16 Å². The largest absolute Gasteiger partial charge is 0.493 e. The Labute approximate surface area is 108 Å². The van der Waals surface area contributed by atoms with Crippen LogP contribution < -0.4 is 15.2 Å². The Kier molecular flexibility index (Phi) is 3.28. The highest BCUT2D eigenvalue weighted by Crippen LogP contribution is 2.36. The summed E-state index contributed by atoms with van der Waals surface area (Å²) in [4.78, 5) is 11.2. The average molecular weight is 264 g/mol. The highest BCUT2D eigenvalue weighted by Gasteiger charge is 2.19. The van der Waals surface area contributed by atoms with Crippen molar-refractivity contribution < 1.29 is 23.9 Å². The van der Waals surface area contributed by atoms with Gasteiger partial charge >= 0.3 is 5.97 Å². The fraction of sp³-hybridized carbons (Fsp3) is 0.167. The molecule has 2 rings (SSSR count). The summed E-state index contributed by atoms with van der Waals surface area (Å²) < 4.78 is 14.9. The Morgan fingerprint density at radius 3 is 2.53 bits per heavy atom. The van der Waals surface area contributed by atoms with Crippen LogP contribution in [0.2, 0.25) is 0 Å². The lowest BCUT2D eigenvalue weighted by atomic mass is 10.1. The molecule has 7 heteroatoms. The number of carbonyl (C=O) groups is 1. The van der Waals surface area contributed by atoms with Gasteiger partial charge < -0.3 is 24.8 Å². The number of methoxy groups -OCH3 is 2. The van der Waals surface area contributed by atoms with Crippen LogP contribution in [0.25, 0.3) is 11.3 Å². The first-order valence-corrected chi connectivity index (χ1v) is 5.28. The number of nitrogen functional groups attached to an aromatic ring is 1. The first-order chi connectivity index (χ1) is 9.06. The van der Waals surface area contributed by atoms with Gasteiger partial charge in [-0.15, -0.1) is 0 Å². The number of benzene rings is 1. The first kappa shape index (κ1) is 12.7. The molecule has 1 aromatic carbocycles. The summed E-state index contributed by atoms with van der Waals surface area (Å²) >= 11 is 0. The highest BCUT2D eigenvalue weighted by molar-refractivity contribution is 5.94. The molecule has 100 valence electrons. The Hall–Kier alpha value is -2.70. The van der Waals surface area contributed by atoms with Gasteiger partial charge in [-0.1, -0.05) is 5.16 Å². The molecule has 0 aliphatic rings. The lowest BCUT2D eigenvalue weighted by molar-refractivity contribution is 0.0692. The molecule has 0 amide bonds. The molecule has 3 N–H and O–H groups in total. The summed E-state index contributed by atoms with van der Waals surface area (Å²) in [6, 6.07) is 4.51.